The van der Waals surface area contributed by atoms with E-state index in [0.717, 1.165) is 17.1 Å². The highest BCUT2D eigenvalue weighted by Crippen LogP contribution is 2.52. The molecule has 9 aromatic rings. The zero-order chi connectivity index (χ0) is 37.6. The fourth-order valence-corrected chi connectivity index (χ4v) is 8.70. The molecule has 10 rings (SSSR count). The fraction of sp³-hybridized carbons (Fsp3) is 0.0545. The Balaban J connectivity index is 1.05. The van der Waals surface area contributed by atoms with Gasteiger partial charge in [0.2, 0.25) is 0 Å². The van der Waals surface area contributed by atoms with Crippen molar-refractivity contribution in [3.8, 4) is 55.6 Å². The second-order valence-corrected chi connectivity index (χ2v) is 15.4. The standard InChI is InChI=1S/C55H41N/c1-55(2)53-36-45(50-22-12-18-42-17-9-10-21-49(42)50)27-33-51(53)52-34-32-48(37-54(52)55)56(46-28-23-40(24-29-46)38-13-5-3-6-14-38)47-30-25-41(26-31-47)44-20-11-19-43(35-44)39-15-7-4-8-16-39/h3-37H,1-2H3. The summed E-state index contributed by atoms with van der Waals surface area (Å²) in [5, 5.41) is 2.55. The maximum atomic E-state index is 2.43. The van der Waals surface area contributed by atoms with E-state index in [2.05, 4.69) is 231 Å². The minimum absolute atomic E-state index is 0.183. The monoisotopic (exact) mass is 715 g/mol. The normalized spacial score (nSPS) is 12.6. The molecule has 56 heavy (non-hydrogen) atoms. The molecule has 1 heteroatoms. The van der Waals surface area contributed by atoms with E-state index < -0.39 is 0 Å². The van der Waals surface area contributed by atoms with E-state index in [-0.39, 0.29) is 5.41 Å². The van der Waals surface area contributed by atoms with Crippen LogP contribution in [0.25, 0.3) is 66.4 Å². The summed E-state index contributed by atoms with van der Waals surface area (Å²) in [5.41, 5.74) is 18.3. The number of fused-ring (bicyclic) bond motifs is 4. The molecule has 0 aromatic heterocycles. The van der Waals surface area contributed by atoms with E-state index in [1.54, 1.807) is 0 Å². The van der Waals surface area contributed by atoms with Crippen LogP contribution in [0.5, 0.6) is 0 Å². The predicted molar refractivity (Wildman–Crippen MR) is 238 cm³/mol. The van der Waals surface area contributed by atoms with Gasteiger partial charge in [0.15, 0.2) is 0 Å². The summed E-state index contributed by atoms with van der Waals surface area (Å²) >= 11 is 0. The summed E-state index contributed by atoms with van der Waals surface area (Å²) in [6.45, 7) is 4.76. The summed E-state index contributed by atoms with van der Waals surface area (Å²) < 4.78 is 0. The third-order valence-corrected chi connectivity index (χ3v) is 11.7. The molecule has 0 unspecified atom stereocenters. The van der Waals surface area contributed by atoms with Crippen LogP contribution in [0, 0.1) is 0 Å². The molecule has 0 atom stereocenters. The first-order valence-corrected chi connectivity index (χ1v) is 19.5. The molecule has 0 aliphatic heterocycles. The van der Waals surface area contributed by atoms with Crippen molar-refractivity contribution in [3.05, 3.63) is 223 Å². The van der Waals surface area contributed by atoms with Gasteiger partial charge in [0.1, 0.15) is 0 Å². The molecule has 0 radical (unpaired) electrons. The molecule has 0 heterocycles. The molecule has 1 aliphatic carbocycles. The van der Waals surface area contributed by atoms with Gasteiger partial charge in [-0.15, -0.1) is 0 Å². The van der Waals surface area contributed by atoms with Gasteiger partial charge in [-0.05, 0) is 126 Å². The van der Waals surface area contributed by atoms with Crippen LogP contribution in [-0.2, 0) is 5.41 Å². The first kappa shape index (κ1) is 33.6. The summed E-state index contributed by atoms with van der Waals surface area (Å²) in [4.78, 5) is 2.40. The lowest BCUT2D eigenvalue weighted by molar-refractivity contribution is 0.660. The van der Waals surface area contributed by atoms with Crippen molar-refractivity contribution in [2.75, 3.05) is 4.90 Å². The van der Waals surface area contributed by atoms with Crippen molar-refractivity contribution < 1.29 is 0 Å². The Bertz CT molecular complexity index is 2840. The molecule has 0 bridgehead atoms. The van der Waals surface area contributed by atoms with Gasteiger partial charge in [-0.3, -0.25) is 0 Å². The Kier molecular flexibility index (Phi) is 8.23. The number of rotatable bonds is 7. The third kappa shape index (κ3) is 5.90. The fourth-order valence-electron chi connectivity index (χ4n) is 8.70. The van der Waals surface area contributed by atoms with Crippen LogP contribution in [0.2, 0.25) is 0 Å². The molecular formula is C55H41N. The number of hydrogen-bond donors (Lipinski definition) is 0. The van der Waals surface area contributed by atoms with E-state index in [9.17, 15) is 0 Å². The Morgan fingerprint density at radius 1 is 0.304 bits per heavy atom. The molecule has 0 amide bonds. The first-order chi connectivity index (χ1) is 27.5. The van der Waals surface area contributed by atoms with E-state index in [0.29, 0.717) is 0 Å². The molecule has 1 aliphatic rings. The Morgan fingerprint density at radius 2 is 0.750 bits per heavy atom. The van der Waals surface area contributed by atoms with E-state index in [1.165, 1.54) is 77.5 Å². The molecule has 0 spiro atoms. The SMILES string of the molecule is CC1(C)c2cc(-c3cccc4ccccc34)ccc2-c2ccc(N(c3ccc(-c4ccccc4)cc3)c3ccc(-c4cccc(-c5ccccc5)c4)cc3)cc21. The highest BCUT2D eigenvalue weighted by atomic mass is 15.1. The third-order valence-electron chi connectivity index (χ3n) is 11.7. The van der Waals surface area contributed by atoms with Crippen molar-refractivity contribution in [2.45, 2.75) is 19.3 Å². The second-order valence-electron chi connectivity index (χ2n) is 15.4. The maximum absolute atomic E-state index is 2.43. The van der Waals surface area contributed by atoms with Gasteiger partial charge in [0.05, 0.1) is 0 Å². The number of anilines is 3. The minimum Gasteiger partial charge on any atom is -0.310 e. The van der Waals surface area contributed by atoms with E-state index in [1.807, 2.05) is 0 Å². The largest absolute Gasteiger partial charge is 0.310 e. The molecule has 266 valence electrons. The molecule has 0 fully saturated rings. The van der Waals surface area contributed by atoms with Gasteiger partial charge in [-0.25, -0.2) is 0 Å². The Morgan fingerprint density at radius 3 is 1.41 bits per heavy atom. The van der Waals surface area contributed by atoms with Crippen molar-refractivity contribution in [1.82, 2.24) is 0 Å². The highest BCUT2D eigenvalue weighted by molar-refractivity contribution is 5.98. The van der Waals surface area contributed by atoms with Gasteiger partial charge in [0.25, 0.3) is 0 Å². The smallest absolute Gasteiger partial charge is 0.0465 e. The van der Waals surface area contributed by atoms with Crippen LogP contribution in [0.1, 0.15) is 25.0 Å². The lowest BCUT2D eigenvalue weighted by Gasteiger charge is -2.28. The zero-order valence-corrected chi connectivity index (χ0v) is 31.7. The molecule has 1 nitrogen and oxygen atoms in total. The molecule has 9 aromatic carbocycles. The van der Waals surface area contributed by atoms with Crippen molar-refractivity contribution in [1.29, 1.82) is 0 Å². The van der Waals surface area contributed by atoms with Crippen LogP contribution < -0.4 is 4.90 Å². The molecule has 0 saturated carbocycles. The summed E-state index contributed by atoms with van der Waals surface area (Å²) in [5.74, 6) is 0. The topological polar surface area (TPSA) is 3.24 Å². The van der Waals surface area contributed by atoms with Crippen molar-refractivity contribution in [3.63, 3.8) is 0 Å². The van der Waals surface area contributed by atoms with Gasteiger partial charge in [-0.1, -0.05) is 178 Å². The van der Waals surface area contributed by atoms with Crippen molar-refractivity contribution >= 4 is 27.8 Å². The van der Waals surface area contributed by atoms with Crippen molar-refractivity contribution in [2.24, 2.45) is 0 Å². The zero-order valence-electron chi connectivity index (χ0n) is 31.7. The average Bonchev–Trinajstić information content (AvgIpc) is 3.49. The van der Waals surface area contributed by atoms with Gasteiger partial charge < -0.3 is 4.90 Å². The number of nitrogens with zero attached hydrogens (tertiary/aromatic N) is 1. The minimum atomic E-state index is -0.183. The summed E-state index contributed by atoms with van der Waals surface area (Å²) in [6, 6.07) is 77.5. The van der Waals surface area contributed by atoms with Crippen LogP contribution >= 0.6 is 0 Å². The van der Waals surface area contributed by atoms with E-state index in [4.69, 9.17) is 0 Å². The maximum Gasteiger partial charge on any atom is 0.0465 e. The van der Waals surface area contributed by atoms with Gasteiger partial charge in [-0.2, -0.15) is 0 Å². The quantitative estimate of drug-likeness (QED) is 0.159. The summed E-state index contributed by atoms with van der Waals surface area (Å²) in [7, 11) is 0. The van der Waals surface area contributed by atoms with Crippen LogP contribution in [0.4, 0.5) is 17.1 Å². The first-order valence-electron chi connectivity index (χ1n) is 19.5. The highest BCUT2D eigenvalue weighted by Gasteiger charge is 2.36. The van der Waals surface area contributed by atoms with E-state index >= 15 is 0 Å². The molecular weight excluding hydrogens is 675 g/mol. The lowest BCUT2D eigenvalue weighted by Crippen LogP contribution is -2.16. The van der Waals surface area contributed by atoms with Gasteiger partial charge >= 0.3 is 0 Å². The van der Waals surface area contributed by atoms with Crippen LogP contribution in [0.15, 0.2) is 212 Å². The number of hydrogen-bond acceptors (Lipinski definition) is 1. The average molecular weight is 716 g/mol. The second kappa shape index (κ2) is 13.7. The van der Waals surface area contributed by atoms with Crippen LogP contribution in [-0.4, -0.2) is 0 Å². The Hall–Kier alpha value is -6.96. The number of benzene rings is 9. The molecule has 0 N–H and O–H groups in total. The predicted octanol–water partition coefficient (Wildman–Crippen LogP) is 15.3. The lowest BCUT2D eigenvalue weighted by atomic mass is 9.81. The Labute approximate surface area is 329 Å². The molecule has 0 saturated heterocycles. The van der Waals surface area contributed by atoms with Gasteiger partial charge in [0, 0.05) is 22.5 Å². The summed E-state index contributed by atoms with van der Waals surface area (Å²) in [6.07, 6.45) is 0. The van der Waals surface area contributed by atoms with Crippen LogP contribution in [0.3, 0.4) is 0 Å².